The third-order valence-electron chi connectivity index (χ3n) is 8.50. The van der Waals surface area contributed by atoms with Gasteiger partial charge in [0.15, 0.2) is 0 Å². The smallest absolute Gasteiger partial charge is 0.303 e. The summed E-state index contributed by atoms with van der Waals surface area (Å²) in [5.41, 5.74) is 2.24. The van der Waals surface area contributed by atoms with Crippen molar-refractivity contribution >= 4 is 28.6 Å². The van der Waals surface area contributed by atoms with E-state index in [0.29, 0.717) is 5.92 Å². The highest BCUT2D eigenvalue weighted by atomic mass is 32.2. The van der Waals surface area contributed by atoms with Crippen molar-refractivity contribution in [3.05, 3.63) is 36.0 Å². The van der Waals surface area contributed by atoms with E-state index in [1.165, 1.54) is 43.4 Å². The number of ether oxygens (including phenoxy) is 1. The lowest BCUT2D eigenvalue weighted by Crippen LogP contribution is -2.42. The lowest BCUT2D eigenvalue weighted by atomic mass is 9.79. The molecule has 1 N–H and O–H groups in total. The number of piperidine rings is 1. The summed E-state index contributed by atoms with van der Waals surface area (Å²) >= 11 is 2.15. The predicted octanol–water partition coefficient (Wildman–Crippen LogP) is 6.11. The van der Waals surface area contributed by atoms with Crippen LogP contribution in [0.2, 0.25) is 0 Å². The number of nitrogens with zero attached hydrogens (tertiary/aromatic N) is 3. The maximum Gasteiger partial charge on any atom is 0.303 e. The molecule has 2 fully saturated rings. The number of carbonyl (C=O) groups is 1. The van der Waals surface area contributed by atoms with E-state index in [1.807, 2.05) is 18.3 Å². The zero-order valence-electron chi connectivity index (χ0n) is 22.9. The molecule has 0 amide bonds. The van der Waals surface area contributed by atoms with Crippen molar-refractivity contribution in [2.24, 2.45) is 11.8 Å². The number of likely N-dealkylation sites (tertiary alicyclic amines) is 1. The number of rotatable bonds is 12. The van der Waals surface area contributed by atoms with Crippen molar-refractivity contribution in [3.63, 3.8) is 0 Å². The van der Waals surface area contributed by atoms with Gasteiger partial charge in [-0.2, -0.15) is 11.8 Å². The molecule has 2 aromatic rings. The van der Waals surface area contributed by atoms with Crippen molar-refractivity contribution < 1.29 is 14.6 Å². The Hall–Kier alpha value is -1.83. The summed E-state index contributed by atoms with van der Waals surface area (Å²) in [5.74, 6) is 2.03. The number of pyridine rings is 1. The van der Waals surface area contributed by atoms with Crippen molar-refractivity contribution in [1.82, 2.24) is 14.8 Å². The summed E-state index contributed by atoms with van der Waals surface area (Å²) < 4.78 is 5.49. The summed E-state index contributed by atoms with van der Waals surface area (Å²) in [6.07, 6.45) is 12.2. The van der Waals surface area contributed by atoms with Gasteiger partial charge in [-0.3, -0.25) is 9.78 Å². The summed E-state index contributed by atoms with van der Waals surface area (Å²) in [6.45, 7) is 3.10. The molecule has 4 rings (SSSR count). The summed E-state index contributed by atoms with van der Waals surface area (Å²) in [7, 11) is 5.97. The Morgan fingerprint density at radius 2 is 2.00 bits per heavy atom. The normalized spacial score (nSPS) is 22.4. The van der Waals surface area contributed by atoms with Gasteiger partial charge < -0.3 is 19.6 Å². The SMILES string of the molecule is COc1ccc2nccc(C(CC[C@@H]3CCN(CCSC4CCCCC4)C[C@@H]3CC(=O)O)N(C)C)c2c1. The van der Waals surface area contributed by atoms with E-state index in [2.05, 4.69) is 52.8 Å². The number of benzene rings is 1. The molecule has 0 radical (unpaired) electrons. The average Bonchev–Trinajstić information content (AvgIpc) is 2.89. The van der Waals surface area contributed by atoms with Crippen LogP contribution < -0.4 is 4.74 Å². The zero-order valence-corrected chi connectivity index (χ0v) is 23.7. The van der Waals surface area contributed by atoms with E-state index in [9.17, 15) is 9.90 Å². The van der Waals surface area contributed by atoms with Crippen LogP contribution in [0.3, 0.4) is 0 Å². The molecule has 7 heteroatoms. The monoisotopic (exact) mass is 527 g/mol. The minimum atomic E-state index is -0.662. The molecule has 2 aliphatic rings. The first-order valence-electron chi connectivity index (χ1n) is 14.1. The van der Waals surface area contributed by atoms with Crippen LogP contribution in [0.5, 0.6) is 5.75 Å². The molecule has 0 bridgehead atoms. The topological polar surface area (TPSA) is 65.9 Å². The van der Waals surface area contributed by atoms with E-state index in [-0.39, 0.29) is 18.4 Å². The van der Waals surface area contributed by atoms with Crippen LogP contribution in [-0.4, -0.2) is 77.7 Å². The standard InChI is InChI=1S/C30H45N3O3S/c1-32(2)29(26-13-15-31-28-11-10-24(36-3)20-27(26)28)12-9-22-14-16-33(21-23(22)19-30(34)35)17-18-37-25-7-5-4-6-8-25/h10-11,13,15,20,22-23,25,29H,4-9,12,14,16-19,21H2,1-3H3,(H,34,35)/t22-,23+,29?/m1/s1. The molecule has 204 valence electrons. The van der Waals surface area contributed by atoms with E-state index in [0.717, 1.165) is 60.8 Å². The van der Waals surface area contributed by atoms with E-state index in [4.69, 9.17) is 4.74 Å². The van der Waals surface area contributed by atoms with Crippen molar-refractivity contribution in [1.29, 1.82) is 0 Å². The van der Waals surface area contributed by atoms with Crippen LogP contribution in [0, 0.1) is 11.8 Å². The molecule has 1 aromatic heterocycles. The highest BCUT2D eigenvalue weighted by Crippen LogP contribution is 2.37. The molecule has 6 nitrogen and oxygen atoms in total. The van der Waals surface area contributed by atoms with Crippen LogP contribution in [0.1, 0.15) is 69.4 Å². The van der Waals surface area contributed by atoms with E-state index in [1.54, 1.807) is 7.11 Å². The van der Waals surface area contributed by atoms with E-state index >= 15 is 0 Å². The molecular weight excluding hydrogens is 482 g/mol. The van der Waals surface area contributed by atoms with Gasteiger partial charge in [-0.15, -0.1) is 0 Å². The number of thioether (sulfide) groups is 1. The number of aromatic nitrogens is 1. The van der Waals surface area contributed by atoms with Gasteiger partial charge in [0, 0.05) is 48.1 Å². The van der Waals surface area contributed by atoms with Crippen molar-refractivity contribution in [2.75, 3.05) is 46.6 Å². The highest BCUT2D eigenvalue weighted by molar-refractivity contribution is 7.99. The van der Waals surface area contributed by atoms with Crippen molar-refractivity contribution in [3.8, 4) is 5.75 Å². The maximum absolute atomic E-state index is 11.8. The van der Waals surface area contributed by atoms with Crippen LogP contribution in [-0.2, 0) is 4.79 Å². The van der Waals surface area contributed by atoms with Gasteiger partial charge in [0.05, 0.1) is 12.6 Å². The van der Waals surface area contributed by atoms with Gasteiger partial charge in [0.25, 0.3) is 0 Å². The Bertz CT molecular complexity index is 1010. The van der Waals surface area contributed by atoms with Crippen LogP contribution in [0.25, 0.3) is 10.9 Å². The molecule has 1 saturated carbocycles. The fraction of sp³-hybridized carbons (Fsp3) is 0.667. The Morgan fingerprint density at radius 1 is 1.19 bits per heavy atom. The zero-order chi connectivity index (χ0) is 26.2. The number of carboxylic acids is 1. The predicted molar refractivity (Wildman–Crippen MR) is 154 cm³/mol. The number of methoxy groups -OCH3 is 1. The largest absolute Gasteiger partial charge is 0.497 e. The van der Waals surface area contributed by atoms with Crippen LogP contribution in [0.15, 0.2) is 30.5 Å². The molecule has 1 unspecified atom stereocenters. The fourth-order valence-electron chi connectivity index (χ4n) is 6.40. The molecule has 2 heterocycles. The Kier molecular flexibility index (Phi) is 10.5. The Balaban J connectivity index is 1.38. The summed E-state index contributed by atoms with van der Waals surface area (Å²) in [6, 6.07) is 8.45. The molecule has 1 aromatic carbocycles. The van der Waals surface area contributed by atoms with Gasteiger partial charge in [0.1, 0.15) is 5.75 Å². The number of carboxylic acid groups (broad SMARTS) is 1. The number of hydrogen-bond donors (Lipinski definition) is 1. The quantitative estimate of drug-likeness (QED) is 0.357. The molecular formula is C30H45N3O3S. The molecule has 1 saturated heterocycles. The Labute approximate surface area is 227 Å². The minimum absolute atomic E-state index is 0.225. The summed E-state index contributed by atoms with van der Waals surface area (Å²) in [5, 5.41) is 11.7. The van der Waals surface area contributed by atoms with E-state index < -0.39 is 5.97 Å². The number of aliphatic carboxylic acids is 1. The van der Waals surface area contributed by atoms with Crippen LogP contribution >= 0.6 is 11.8 Å². The fourth-order valence-corrected chi connectivity index (χ4v) is 7.77. The average molecular weight is 528 g/mol. The maximum atomic E-state index is 11.8. The lowest BCUT2D eigenvalue weighted by molar-refractivity contribution is -0.139. The van der Waals surface area contributed by atoms with Gasteiger partial charge in [-0.25, -0.2) is 0 Å². The first kappa shape index (κ1) is 28.2. The number of hydrogen-bond acceptors (Lipinski definition) is 6. The van der Waals surface area contributed by atoms with Crippen molar-refractivity contribution in [2.45, 2.75) is 69.1 Å². The first-order valence-corrected chi connectivity index (χ1v) is 15.1. The molecule has 1 aliphatic heterocycles. The third kappa shape index (κ3) is 7.84. The second-order valence-electron chi connectivity index (χ2n) is 11.2. The van der Waals surface area contributed by atoms with Gasteiger partial charge in [-0.1, -0.05) is 19.3 Å². The van der Waals surface area contributed by atoms with Crippen LogP contribution in [0.4, 0.5) is 0 Å². The lowest BCUT2D eigenvalue weighted by Gasteiger charge is -2.39. The minimum Gasteiger partial charge on any atom is -0.497 e. The van der Waals surface area contributed by atoms with Gasteiger partial charge in [0.2, 0.25) is 0 Å². The Morgan fingerprint density at radius 3 is 2.73 bits per heavy atom. The molecule has 0 spiro atoms. The number of fused-ring (bicyclic) bond motifs is 1. The van der Waals surface area contributed by atoms with Gasteiger partial charge >= 0.3 is 5.97 Å². The highest BCUT2D eigenvalue weighted by Gasteiger charge is 2.32. The molecule has 3 atom stereocenters. The second kappa shape index (κ2) is 13.8. The second-order valence-corrected chi connectivity index (χ2v) is 12.6. The molecule has 37 heavy (non-hydrogen) atoms. The molecule has 1 aliphatic carbocycles. The first-order chi connectivity index (χ1) is 17.9. The third-order valence-corrected chi connectivity index (χ3v) is 9.86. The summed E-state index contributed by atoms with van der Waals surface area (Å²) in [4.78, 5) is 21.2. The van der Waals surface area contributed by atoms with Gasteiger partial charge in [-0.05, 0) is 94.4 Å².